The van der Waals surface area contributed by atoms with Crippen molar-refractivity contribution in [1.29, 1.82) is 0 Å². The molecule has 0 aromatic heterocycles. The van der Waals surface area contributed by atoms with Crippen molar-refractivity contribution in [2.24, 2.45) is 10.9 Å². The maximum atomic E-state index is 6.08. The molecular weight excluding hydrogens is 441 g/mol. The second-order valence-corrected chi connectivity index (χ2v) is 7.14. The lowest BCUT2D eigenvalue weighted by atomic mass is 9.89. The summed E-state index contributed by atoms with van der Waals surface area (Å²) < 4.78 is 11.5. The molecule has 0 amide bonds. The predicted molar refractivity (Wildman–Crippen MR) is 118 cm³/mol. The Bertz CT molecular complexity index is 537. The van der Waals surface area contributed by atoms with Gasteiger partial charge >= 0.3 is 0 Å². The lowest BCUT2D eigenvalue weighted by molar-refractivity contribution is -0.0265. The number of rotatable bonds is 7. The normalized spacial score (nSPS) is 21.0. The zero-order valence-corrected chi connectivity index (χ0v) is 18.8. The number of nitrogens with zero attached hydrogens (tertiary/aromatic N) is 1. The molecule has 2 rings (SSSR count). The molecule has 1 aliphatic rings. The lowest BCUT2D eigenvalue weighted by Gasteiger charge is -2.32. The fourth-order valence-electron chi connectivity index (χ4n) is 2.97. The van der Waals surface area contributed by atoms with Crippen LogP contribution in [-0.4, -0.2) is 44.9 Å². The van der Waals surface area contributed by atoms with E-state index in [1.54, 1.807) is 7.11 Å². The van der Waals surface area contributed by atoms with Gasteiger partial charge < -0.3 is 20.1 Å². The number of benzene rings is 1. The minimum atomic E-state index is -0.261. The van der Waals surface area contributed by atoms with Crippen molar-refractivity contribution in [2.45, 2.75) is 45.3 Å². The van der Waals surface area contributed by atoms with Crippen LogP contribution in [0.25, 0.3) is 0 Å². The smallest absolute Gasteiger partial charge is 0.191 e. The molecular formula is C20H34IN3O2. The Morgan fingerprint density at radius 2 is 2.00 bits per heavy atom. The molecule has 0 spiro atoms. The number of guanidine groups is 1. The molecule has 2 N–H and O–H groups in total. The van der Waals surface area contributed by atoms with E-state index in [4.69, 9.17) is 9.47 Å². The third kappa shape index (κ3) is 7.40. The highest BCUT2D eigenvalue weighted by molar-refractivity contribution is 14.0. The summed E-state index contributed by atoms with van der Waals surface area (Å²) in [6.07, 6.45) is 2.43. The fourth-order valence-corrected chi connectivity index (χ4v) is 2.97. The van der Waals surface area contributed by atoms with Crippen LogP contribution in [0.5, 0.6) is 0 Å². The van der Waals surface area contributed by atoms with Crippen LogP contribution in [0, 0.1) is 5.92 Å². The number of aliphatic imine (C=N–C) groups is 1. The maximum absolute atomic E-state index is 6.08. The van der Waals surface area contributed by atoms with Gasteiger partial charge in [0.05, 0.1) is 18.2 Å². The van der Waals surface area contributed by atoms with E-state index in [1.807, 2.05) is 19.9 Å². The van der Waals surface area contributed by atoms with Gasteiger partial charge in [-0.15, -0.1) is 24.0 Å². The zero-order valence-electron chi connectivity index (χ0n) is 16.5. The Hall–Kier alpha value is -0.860. The van der Waals surface area contributed by atoms with Gasteiger partial charge in [-0.05, 0) is 39.2 Å². The summed E-state index contributed by atoms with van der Waals surface area (Å²) in [6, 6.07) is 10.5. The SMILES string of the molecule is CCNC(=NCC(C)(C)OC)NCC1CCCOC1c1ccccc1.I. The van der Waals surface area contributed by atoms with Crippen LogP contribution < -0.4 is 10.6 Å². The third-order valence-corrected chi connectivity index (χ3v) is 4.62. The van der Waals surface area contributed by atoms with Crippen LogP contribution in [0.3, 0.4) is 0 Å². The van der Waals surface area contributed by atoms with Gasteiger partial charge in [0.1, 0.15) is 0 Å². The van der Waals surface area contributed by atoms with E-state index >= 15 is 0 Å². The largest absolute Gasteiger partial charge is 0.377 e. The summed E-state index contributed by atoms with van der Waals surface area (Å²) in [5.74, 6) is 1.28. The van der Waals surface area contributed by atoms with Crippen molar-refractivity contribution in [3.63, 3.8) is 0 Å². The van der Waals surface area contributed by atoms with E-state index in [1.165, 1.54) is 5.56 Å². The summed E-state index contributed by atoms with van der Waals surface area (Å²) >= 11 is 0. The average molecular weight is 475 g/mol. The summed E-state index contributed by atoms with van der Waals surface area (Å²) in [7, 11) is 1.72. The van der Waals surface area contributed by atoms with Crippen LogP contribution in [-0.2, 0) is 9.47 Å². The molecule has 0 aliphatic carbocycles. The lowest BCUT2D eigenvalue weighted by Crippen LogP contribution is -2.43. The molecule has 26 heavy (non-hydrogen) atoms. The van der Waals surface area contributed by atoms with Crippen LogP contribution >= 0.6 is 24.0 Å². The minimum absolute atomic E-state index is 0. The van der Waals surface area contributed by atoms with Crippen molar-refractivity contribution in [1.82, 2.24) is 10.6 Å². The second kappa shape index (κ2) is 11.8. The summed E-state index contributed by atoms with van der Waals surface area (Å²) in [4.78, 5) is 4.67. The summed E-state index contributed by atoms with van der Waals surface area (Å²) in [5, 5.41) is 6.81. The monoisotopic (exact) mass is 475 g/mol. The summed E-state index contributed by atoms with van der Waals surface area (Å²) in [6.45, 7) is 9.30. The van der Waals surface area contributed by atoms with Crippen molar-refractivity contribution in [3.05, 3.63) is 35.9 Å². The van der Waals surface area contributed by atoms with E-state index in [0.29, 0.717) is 12.5 Å². The highest BCUT2D eigenvalue weighted by Gasteiger charge is 2.27. The molecule has 148 valence electrons. The van der Waals surface area contributed by atoms with Gasteiger partial charge in [-0.25, -0.2) is 0 Å². The van der Waals surface area contributed by atoms with Gasteiger partial charge in [0, 0.05) is 32.7 Å². The fraction of sp³-hybridized carbons (Fsp3) is 0.650. The van der Waals surface area contributed by atoms with Crippen LogP contribution in [0.15, 0.2) is 35.3 Å². The molecule has 0 saturated carbocycles. The Kier molecular flexibility index (Phi) is 10.5. The molecule has 1 heterocycles. The topological polar surface area (TPSA) is 54.9 Å². The van der Waals surface area contributed by atoms with E-state index in [2.05, 4.69) is 46.8 Å². The number of halogens is 1. The van der Waals surface area contributed by atoms with Crippen LogP contribution in [0.2, 0.25) is 0 Å². The Labute approximate surface area is 175 Å². The molecule has 1 aromatic rings. The van der Waals surface area contributed by atoms with E-state index in [0.717, 1.165) is 38.5 Å². The maximum Gasteiger partial charge on any atom is 0.191 e. The third-order valence-electron chi connectivity index (χ3n) is 4.62. The molecule has 0 bridgehead atoms. The number of hydrogen-bond donors (Lipinski definition) is 2. The standard InChI is InChI=1S/C20H33N3O2.HI/c1-5-21-19(23-15-20(2,3)24-4)22-14-17-12-9-13-25-18(17)16-10-7-6-8-11-16;/h6-8,10-11,17-18H,5,9,12-15H2,1-4H3,(H2,21,22,23);1H. The van der Waals surface area contributed by atoms with E-state index in [-0.39, 0.29) is 35.7 Å². The molecule has 6 heteroatoms. The van der Waals surface area contributed by atoms with Crippen molar-refractivity contribution in [2.75, 3.05) is 33.4 Å². The second-order valence-electron chi connectivity index (χ2n) is 7.14. The number of ether oxygens (including phenoxy) is 2. The van der Waals surface area contributed by atoms with Gasteiger partial charge in [0.25, 0.3) is 0 Å². The first-order chi connectivity index (χ1) is 12.1. The number of hydrogen-bond acceptors (Lipinski definition) is 3. The van der Waals surface area contributed by atoms with E-state index in [9.17, 15) is 0 Å². The zero-order chi connectivity index (χ0) is 18.1. The van der Waals surface area contributed by atoms with Gasteiger partial charge in [-0.3, -0.25) is 4.99 Å². The molecule has 1 saturated heterocycles. The first-order valence-electron chi connectivity index (χ1n) is 9.29. The van der Waals surface area contributed by atoms with Gasteiger partial charge in [0.15, 0.2) is 5.96 Å². The molecule has 1 aromatic carbocycles. The first-order valence-corrected chi connectivity index (χ1v) is 9.29. The number of methoxy groups -OCH3 is 1. The van der Waals surface area contributed by atoms with Gasteiger partial charge in [-0.1, -0.05) is 30.3 Å². The van der Waals surface area contributed by atoms with Crippen LogP contribution in [0.1, 0.15) is 45.3 Å². The van der Waals surface area contributed by atoms with Crippen molar-refractivity contribution >= 4 is 29.9 Å². The molecule has 1 fully saturated rings. The Morgan fingerprint density at radius 1 is 1.27 bits per heavy atom. The first kappa shape index (κ1) is 23.2. The average Bonchev–Trinajstić information content (AvgIpc) is 2.65. The van der Waals surface area contributed by atoms with Crippen LogP contribution in [0.4, 0.5) is 0 Å². The quantitative estimate of drug-likeness (QED) is 0.359. The minimum Gasteiger partial charge on any atom is -0.377 e. The molecule has 2 unspecified atom stereocenters. The highest BCUT2D eigenvalue weighted by atomic mass is 127. The van der Waals surface area contributed by atoms with Gasteiger partial charge in [-0.2, -0.15) is 0 Å². The molecule has 2 atom stereocenters. The van der Waals surface area contributed by atoms with Gasteiger partial charge in [0.2, 0.25) is 0 Å². The van der Waals surface area contributed by atoms with Crippen molar-refractivity contribution < 1.29 is 9.47 Å². The van der Waals surface area contributed by atoms with E-state index < -0.39 is 0 Å². The van der Waals surface area contributed by atoms with Crippen molar-refractivity contribution in [3.8, 4) is 0 Å². The molecule has 5 nitrogen and oxygen atoms in total. The molecule has 0 radical (unpaired) electrons. The highest BCUT2D eigenvalue weighted by Crippen LogP contribution is 2.33. The number of nitrogens with one attached hydrogen (secondary N) is 2. The predicted octanol–water partition coefficient (Wildman–Crippen LogP) is 3.75. The molecule has 1 aliphatic heterocycles. The Balaban J connectivity index is 0.00000338. The summed E-state index contributed by atoms with van der Waals surface area (Å²) in [5.41, 5.74) is 1.000. The Morgan fingerprint density at radius 3 is 2.65 bits per heavy atom.